The summed E-state index contributed by atoms with van der Waals surface area (Å²) >= 11 is 0. The Morgan fingerprint density at radius 3 is 2.45 bits per heavy atom. The molecule has 0 bridgehead atoms. The molecule has 31 heavy (non-hydrogen) atoms. The number of hydrogen-bond donors (Lipinski definition) is 2. The molecular formula is C22H27FN6O2. The van der Waals surface area contributed by atoms with Crippen molar-refractivity contribution in [3.63, 3.8) is 0 Å². The Hall–Kier alpha value is -3.20. The first-order valence-electron chi connectivity index (χ1n) is 10.5. The van der Waals surface area contributed by atoms with Gasteiger partial charge in [-0.15, -0.1) is 0 Å². The molecule has 9 heteroatoms. The average molecular weight is 426 g/mol. The van der Waals surface area contributed by atoms with Crippen molar-refractivity contribution in [3.8, 4) is 0 Å². The summed E-state index contributed by atoms with van der Waals surface area (Å²) in [5.74, 6) is -0.442. The summed E-state index contributed by atoms with van der Waals surface area (Å²) in [5.41, 5.74) is 2.01. The number of carbonyl (C=O) groups is 2. The number of pyridine rings is 1. The summed E-state index contributed by atoms with van der Waals surface area (Å²) < 4.78 is 15.0. The summed E-state index contributed by atoms with van der Waals surface area (Å²) in [7, 11) is 0. The van der Waals surface area contributed by atoms with Crippen molar-refractivity contribution in [1.29, 1.82) is 0 Å². The first-order valence-corrected chi connectivity index (χ1v) is 10.5. The van der Waals surface area contributed by atoms with Crippen molar-refractivity contribution in [2.24, 2.45) is 0 Å². The predicted molar refractivity (Wildman–Crippen MR) is 116 cm³/mol. The van der Waals surface area contributed by atoms with Crippen LogP contribution in [0.25, 0.3) is 0 Å². The molecule has 164 valence electrons. The van der Waals surface area contributed by atoms with Gasteiger partial charge in [-0.1, -0.05) is 12.1 Å². The van der Waals surface area contributed by atoms with E-state index in [-0.39, 0.29) is 11.7 Å². The number of piperazine rings is 1. The van der Waals surface area contributed by atoms with Crippen LogP contribution in [0, 0.1) is 12.7 Å². The van der Waals surface area contributed by atoms with Crippen LogP contribution in [0.4, 0.5) is 25.4 Å². The Balaban J connectivity index is 1.32. The molecule has 1 aromatic heterocycles. The zero-order valence-electron chi connectivity index (χ0n) is 17.6. The summed E-state index contributed by atoms with van der Waals surface area (Å²) in [6, 6.07) is 8.00. The Labute approximate surface area is 181 Å². The van der Waals surface area contributed by atoms with Crippen LogP contribution in [-0.4, -0.2) is 71.0 Å². The Morgan fingerprint density at radius 1 is 1.03 bits per heavy atom. The highest BCUT2D eigenvalue weighted by Crippen LogP contribution is 2.21. The maximum Gasteiger partial charge on any atom is 0.323 e. The average Bonchev–Trinajstić information content (AvgIpc) is 2.70. The fourth-order valence-electron chi connectivity index (χ4n) is 3.75. The Kier molecular flexibility index (Phi) is 6.31. The number of urea groups is 2. The molecule has 2 fully saturated rings. The highest BCUT2D eigenvalue weighted by molar-refractivity contribution is 5.99. The van der Waals surface area contributed by atoms with Gasteiger partial charge in [-0.3, -0.25) is 9.88 Å². The van der Waals surface area contributed by atoms with Crippen molar-refractivity contribution in [2.75, 3.05) is 49.9 Å². The summed E-state index contributed by atoms with van der Waals surface area (Å²) in [6.07, 6.45) is 2.68. The second kappa shape index (κ2) is 9.30. The van der Waals surface area contributed by atoms with Crippen molar-refractivity contribution in [3.05, 3.63) is 53.6 Å². The van der Waals surface area contributed by atoms with Crippen LogP contribution >= 0.6 is 0 Å². The van der Waals surface area contributed by atoms with E-state index in [1.165, 1.54) is 0 Å². The number of nitrogens with one attached hydrogen (secondary N) is 2. The number of nitrogens with zero attached hydrogens (tertiary/aromatic N) is 4. The number of carbonyl (C=O) groups excluding carboxylic acids is 2. The molecule has 3 heterocycles. The van der Waals surface area contributed by atoms with E-state index in [4.69, 9.17) is 0 Å². The minimum Gasteiger partial charge on any atom is -0.325 e. The van der Waals surface area contributed by atoms with E-state index < -0.39 is 11.8 Å². The molecule has 2 N–H and O–H groups in total. The van der Waals surface area contributed by atoms with Crippen LogP contribution in [0.15, 0.2) is 36.5 Å². The molecule has 0 radical (unpaired) electrons. The minimum atomic E-state index is -0.514. The van der Waals surface area contributed by atoms with Gasteiger partial charge in [0.2, 0.25) is 0 Å². The molecule has 2 aromatic rings. The van der Waals surface area contributed by atoms with Gasteiger partial charge in [-0.2, -0.15) is 0 Å². The highest BCUT2D eigenvalue weighted by Gasteiger charge is 2.28. The molecule has 0 aliphatic carbocycles. The molecule has 4 rings (SSSR count). The van der Waals surface area contributed by atoms with Crippen LogP contribution < -0.4 is 10.6 Å². The number of halogens is 1. The monoisotopic (exact) mass is 426 g/mol. The SMILES string of the molecule is Cc1cc(NC(=O)Nc2cccc(CN3CCN(C(=O)N4CCC4)CC3)c2F)ccn1. The molecule has 2 saturated heterocycles. The third kappa shape index (κ3) is 5.11. The number of hydrogen-bond acceptors (Lipinski definition) is 4. The van der Waals surface area contributed by atoms with E-state index in [9.17, 15) is 9.59 Å². The standard InChI is InChI=1S/C22H27FN6O2/c1-16-14-18(6-7-24-16)25-21(30)26-19-5-2-4-17(20(19)23)15-27-10-12-29(13-11-27)22(31)28-8-3-9-28/h2,4-7,14H,3,8-13,15H2,1H3,(H2,24,25,26,30). The lowest BCUT2D eigenvalue weighted by molar-refractivity contribution is 0.0936. The number of anilines is 2. The van der Waals surface area contributed by atoms with Gasteiger partial charge < -0.3 is 20.4 Å². The third-order valence-electron chi connectivity index (χ3n) is 5.64. The molecule has 2 aliphatic heterocycles. The number of amides is 4. The van der Waals surface area contributed by atoms with Crippen molar-refractivity contribution >= 4 is 23.4 Å². The van der Waals surface area contributed by atoms with Gasteiger partial charge >= 0.3 is 12.1 Å². The van der Waals surface area contributed by atoms with E-state index in [1.54, 1.807) is 36.5 Å². The molecule has 0 unspecified atom stereocenters. The smallest absolute Gasteiger partial charge is 0.323 e. The zero-order valence-corrected chi connectivity index (χ0v) is 17.6. The van der Waals surface area contributed by atoms with Crippen LogP contribution in [0.5, 0.6) is 0 Å². The van der Waals surface area contributed by atoms with E-state index in [0.29, 0.717) is 44.0 Å². The van der Waals surface area contributed by atoms with Crippen molar-refractivity contribution < 1.29 is 14.0 Å². The fraction of sp³-hybridized carbons (Fsp3) is 0.409. The number of likely N-dealkylation sites (tertiary alicyclic amines) is 1. The first-order chi connectivity index (χ1) is 15.0. The molecule has 2 aliphatic rings. The van der Waals surface area contributed by atoms with E-state index in [2.05, 4.69) is 20.5 Å². The quantitative estimate of drug-likeness (QED) is 0.787. The van der Waals surface area contributed by atoms with Crippen LogP contribution in [0.3, 0.4) is 0 Å². The van der Waals surface area contributed by atoms with Gasteiger partial charge in [0.15, 0.2) is 5.82 Å². The molecule has 4 amide bonds. The number of rotatable bonds is 4. The number of aryl methyl sites for hydroxylation is 1. The van der Waals surface area contributed by atoms with E-state index >= 15 is 4.39 Å². The maximum absolute atomic E-state index is 15.0. The van der Waals surface area contributed by atoms with Crippen LogP contribution in [0.1, 0.15) is 17.7 Å². The lowest BCUT2D eigenvalue weighted by Crippen LogP contribution is -2.55. The minimum absolute atomic E-state index is 0.110. The molecule has 1 aromatic carbocycles. The first kappa shape index (κ1) is 21.0. The van der Waals surface area contributed by atoms with Gasteiger partial charge in [0, 0.05) is 69.0 Å². The van der Waals surface area contributed by atoms with E-state index in [1.807, 2.05) is 16.7 Å². The van der Waals surface area contributed by atoms with Gasteiger partial charge in [-0.05, 0) is 31.5 Å². The van der Waals surface area contributed by atoms with Gasteiger partial charge in [-0.25, -0.2) is 14.0 Å². The molecule has 0 spiro atoms. The maximum atomic E-state index is 15.0. The third-order valence-corrected chi connectivity index (χ3v) is 5.64. The summed E-state index contributed by atoms with van der Waals surface area (Å²) in [6.45, 7) is 6.62. The number of benzene rings is 1. The molecule has 0 saturated carbocycles. The van der Waals surface area contributed by atoms with Crippen LogP contribution in [-0.2, 0) is 6.54 Å². The Bertz CT molecular complexity index is 957. The predicted octanol–water partition coefficient (Wildman–Crippen LogP) is 3.12. The second-order valence-corrected chi connectivity index (χ2v) is 7.93. The highest BCUT2D eigenvalue weighted by atomic mass is 19.1. The van der Waals surface area contributed by atoms with Crippen LogP contribution in [0.2, 0.25) is 0 Å². The van der Waals surface area contributed by atoms with Gasteiger partial charge in [0.05, 0.1) is 5.69 Å². The summed E-state index contributed by atoms with van der Waals surface area (Å²) in [4.78, 5) is 34.5. The molecular weight excluding hydrogens is 399 g/mol. The lowest BCUT2D eigenvalue weighted by Gasteiger charge is -2.40. The van der Waals surface area contributed by atoms with E-state index in [0.717, 1.165) is 25.2 Å². The molecule has 8 nitrogen and oxygen atoms in total. The lowest BCUT2D eigenvalue weighted by atomic mass is 10.1. The fourth-order valence-corrected chi connectivity index (χ4v) is 3.75. The Morgan fingerprint density at radius 2 is 1.77 bits per heavy atom. The topological polar surface area (TPSA) is 80.8 Å². The molecule has 0 atom stereocenters. The van der Waals surface area contributed by atoms with Gasteiger partial charge in [0.25, 0.3) is 0 Å². The normalized spacial score (nSPS) is 16.6. The second-order valence-electron chi connectivity index (χ2n) is 7.93. The zero-order chi connectivity index (χ0) is 21.8. The largest absolute Gasteiger partial charge is 0.325 e. The number of aromatic nitrogens is 1. The summed E-state index contributed by atoms with van der Waals surface area (Å²) in [5, 5.41) is 5.27. The van der Waals surface area contributed by atoms with Gasteiger partial charge in [0.1, 0.15) is 0 Å². The van der Waals surface area contributed by atoms with Crippen molar-refractivity contribution in [2.45, 2.75) is 19.9 Å². The van der Waals surface area contributed by atoms with Crippen molar-refractivity contribution in [1.82, 2.24) is 19.7 Å².